The third-order valence-corrected chi connectivity index (χ3v) is 1.89. The molecule has 12 heavy (non-hydrogen) atoms. The highest BCUT2D eigenvalue weighted by molar-refractivity contribution is 7.86. The zero-order chi connectivity index (χ0) is 9.41. The molecule has 1 aliphatic heterocycles. The van der Waals surface area contributed by atoms with E-state index in [2.05, 4.69) is 4.18 Å². The summed E-state index contributed by atoms with van der Waals surface area (Å²) in [6.45, 7) is 1.25. The Morgan fingerprint density at radius 3 is 2.50 bits per heavy atom. The first-order valence-corrected chi connectivity index (χ1v) is 4.94. The van der Waals surface area contributed by atoms with Crippen LogP contribution in [0.1, 0.15) is 6.92 Å². The fourth-order valence-corrected chi connectivity index (χ4v) is 1.48. The molecule has 0 aromatic heterocycles. The van der Waals surface area contributed by atoms with Crippen molar-refractivity contribution in [2.75, 3.05) is 6.26 Å². The lowest BCUT2D eigenvalue weighted by molar-refractivity contribution is -0.155. The van der Waals surface area contributed by atoms with Crippen molar-refractivity contribution in [2.45, 2.75) is 12.7 Å². The molecule has 0 radical (unpaired) electrons. The van der Waals surface area contributed by atoms with E-state index in [1.807, 2.05) is 0 Å². The maximum atomic E-state index is 11.0. The van der Waals surface area contributed by atoms with Gasteiger partial charge in [0.15, 0.2) is 0 Å². The fourth-order valence-electron chi connectivity index (χ4n) is 0.785. The Bertz CT molecular complexity index is 328. The van der Waals surface area contributed by atoms with Crippen LogP contribution in [0, 0.1) is 0 Å². The minimum Gasteiger partial charge on any atom is -0.461 e. The van der Waals surface area contributed by atoms with Crippen LogP contribution in [0.5, 0.6) is 0 Å². The maximum Gasteiger partial charge on any atom is 0.286 e. The molecule has 5 nitrogen and oxygen atoms in total. The Balaban J connectivity index is 2.83. The van der Waals surface area contributed by atoms with Crippen molar-refractivity contribution in [3.05, 3.63) is 12.3 Å². The van der Waals surface area contributed by atoms with Gasteiger partial charge in [-0.1, -0.05) is 0 Å². The quantitative estimate of drug-likeness (QED) is 0.566. The van der Waals surface area contributed by atoms with Gasteiger partial charge >= 0.3 is 0 Å². The lowest BCUT2D eigenvalue weighted by Crippen LogP contribution is -2.37. The fraction of sp³-hybridized carbons (Fsp3) is 0.500. The van der Waals surface area contributed by atoms with Gasteiger partial charge in [0.05, 0.1) is 12.5 Å². The molecular weight excluding hydrogens is 184 g/mol. The van der Waals surface area contributed by atoms with Gasteiger partial charge in [-0.2, -0.15) is 8.42 Å². The van der Waals surface area contributed by atoms with Crippen molar-refractivity contribution < 1.29 is 22.1 Å². The molecule has 0 aromatic rings. The van der Waals surface area contributed by atoms with Crippen molar-refractivity contribution in [1.29, 1.82) is 0 Å². The SMILES string of the molecule is CC1(OS(C)(=O)=O)OC=CC1=O. The summed E-state index contributed by atoms with van der Waals surface area (Å²) in [6.07, 6.45) is 3.08. The van der Waals surface area contributed by atoms with Gasteiger partial charge in [-0.05, 0) is 0 Å². The number of ether oxygens (including phenoxy) is 1. The summed E-state index contributed by atoms with van der Waals surface area (Å²) in [5.74, 6) is -2.22. The standard InChI is InChI=1S/C6H8O5S/c1-6(11-12(2,8)9)5(7)3-4-10-6/h3-4H,1-2H3. The Morgan fingerprint density at radius 1 is 1.58 bits per heavy atom. The zero-order valence-corrected chi connectivity index (χ0v) is 7.42. The molecule has 68 valence electrons. The number of carbonyl (C=O) groups excluding carboxylic acids is 1. The first kappa shape index (κ1) is 9.21. The predicted octanol–water partition coefficient (Wildman–Crippen LogP) is -0.208. The Hall–Kier alpha value is -0.880. The van der Waals surface area contributed by atoms with Crippen molar-refractivity contribution in [3.63, 3.8) is 0 Å². The molecule has 1 heterocycles. The van der Waals surface area contributed by atoms with Gasteiger partial charge in [0.25, 0.3) is 15.9 Å². The van der Waals surface area contributed by atoms with Crippen LogP contribution in [0.3, 0.4) is 0 Å². The van der Waals surface area contributed by atoms with E-state index in [1.165, 1.54) is 6.92 Å². The minimum absolute atomic E-state index is 0.520. The molecule has 1 rings (SSSR count). The summed E-state index contributed by atoms with van der Waals surface area (Å²) < 4.78 is 30.4. The van der Waals surface area contributed by atoms with Crippen LogP contribution in [0.15, 0.2) is 12.3 Å². The van der Waals surface area contributed by atoms with E-state index < -0.39 is 21.7 Å². The second-order valence-electron chi connectivity index (χ2n) is 2.52. The number of rotatable bonds is 2. The van der Waals surface area contributed by atoms with Crippen molar-refractivity contribution in [3.8, 4) is 0 Å². The molecule has 1 atom stereocenters. The monoisotopic (exact) mass is 192 g/mol. The van der Waals surface area contributed by atoms with Crippen LogP contribution < -0.4 is 0 Å². The van der Waals surface area contributed by atoms with E-state index in [1.54, 1.807) is 0 Å². The summed E-state index contributed by atoms with van der Waals surface area (Å²) in [4.78, 5) is 11.0. The molecule has 0 aromatic carbocycles. The largest absolute Gasteiger partial charge is 0.461 e. The van der Waals surface area contributed by atoms with Crippen molar-refractivity contribution >= 4 is 15.9 Å². The summed E-state index contributed by atoms with van der Waals surface area (Å²) >= 11 is 0. The van der Waals surface area contributed by atoms with Crippen molar-refractivity contribution in [1.82, 2.24) is 0 Å². The zero-order valence-electron chi connectivity index (χ0n) is 6.60. The molecule has 0 saturated heterocycles. The number of hydrogen-bond donors (Lipinski definition) is 0. The summed E-state index contributed by atoms with van der Waals surface area (Å²) in [5, 5.41) is 0. The number of carbonyl (C=O) groups is 1. The molecule has 0 N–H and O–H groups in total. The first-order chi connectivity index (χ1) is 5.33. The Morgan fingerprint density at radius 2 is 2.17 bits per heavy atom. The van der Waals surface area contributed by atoms with Crippen LogP contribution in [-0.4, -0.2) is 26.2 Å². The molecular formula is C6H8O5S. The Labute approximate surface area is 70.1 Å². The van der Waals surface area contributed by atoms with Crippen LogP contribution >= 0.6 is 0 Å². The number of hydrogen-bond acceptors (Lipinski definition) is 5. The molecule has 0 bridgehead atoms. The second kappa shape index (κ2) is 2.56. The van der Waals surface area contributed by atoms with E-state index in [9.17, 15) is 13.2 Å². The van der Waals surface area contributed by atoms with Gasteiger partial charge in [-0.3, -0.25) is 4.79 Å². The molecule has 0 saturated carbocycles. The van der Waals surface area contributed by atoms with Crippen molar-refractivity contribution in [2.24, 2.45) is 0 Å². The van der Waals surface area contributed by atoms with E-state index in [0.29, 0.717) is 0 Å². The summed E-state index contributed by atoms with van der Waals surface area (Å²) in [7, 11) is -3.68. The summed E-state index contributed by atoms with van der Waals surface area (Å²) in [6, 6.07) is 0. The van der Waals surface area contributed by atoms with Gasteiger partial charge in [0, 0.05) is 13.0 Å². The van der Waals surface area contributed by atoms with Crippen LogP contribution in [0.25, 0.3) is 0 Å². The lowest BCUT2D eigenvalue weighted by atomic mass is 10.2. The number of ketones is 1. The second-order valence-corrected chi connectivity index (χ2v) is 4.09. The average Bonchev–Trinajstić information content (AvgIpc) is 2.08. The normalized spacial score (nSPS) is 29.0. The van der Waals surface area contributed by atoms with Gasteiger partial charge in [-0.15, -0.1) is 0 Å². The molecule has 0 fully saturated rings. The highest BCUT2D eigenvalue weighted by Crippen LogP contribution is 2.22. The van der Waals surface area contributed by atoms with Gasteiger partial charge in [-0.25, -0.2) is 4.18 Å². The van der Waals surface area contributed by atoms with Gasteiger partial charge < -0.3 is 4.74 Å². The molecule has 1 aliphatic rings. The molecule has 0 spiro atoms. The third kappa shape index (κ3) is 1.83. The van der Waals surface area contributed by atoms with Gasteiger partial charge in [0.2, 0.25) is 5.78 Å². The third-order valence-electron chi connectivity index (χ3n) is 1.27. The minimum atomic E-state index is -3.68. The maximum absolute atomic E-state index is 11.0. The first-order valence-electron chi connectivity index (χ1n) is 3.13. The van der Waals surface area contributed by atoms with E-state index in [0.717, 1.165) is 18.6 Å². The topological polar surface area (TPSA) is 69.7 Å². The average molecular weight is 192 g/mol. The van der Waals surface area contributed by atoms with Crippen LogP contribution in [0.2, 0.25) is 0 Å². The molecule has 0 amide bonds. The summed E-state index contributed by atoms with van der Waals surface area (Å²) in [5.41, 5.74) is 0. The lowest BCUT2D eigenvalue weighted by Gasteiger charge is -2.19. The molecule has 1 unspecified atom stereocenters. The van der Waals surface area contributed by atoms with E-state index >= 15 is 0 Å². The smallest absolute Gasteiger partial charge is 0.286 e. The van der Waals surface area contributed by atoms with Crippen LogP contribution in [-0.2, 0) is 23.8 Å². The predicted molar refractivity (Wildman–Crippen MR) is 39.6 cm³/mol. The molecule has 6 heteroatoms. The van der Waals surface area contributed by atoms with Gasteiger partial charge in [0.1, 0.15) is 0 Å². The highest BCUT2D eigenvalue weighted by Gasteiger charge is 2.41. The van der Waals surface area contributed by atoms with Crippen LogP contribution in [0.4, 0.5) is 0 Å². The highest BCUT2D eigenvalue weighted by atomic mass is 32.2. The van der Waals surface area contributed by atoms with E-state index in [-0.39, 0.29) is 0 Å². The molecule has 0 aliphatic carbocycles. The van der Waals surface area contributed by atoms with E-state index in [4.69, 9.17) is 4.74 Å². The Kier molecular flexibility index (Phi) is 1.97.